The van der Waals surface area contributed by atoms with E-state index in [-0.39, 0.29) is 0 Å². The summed E-state index contributed by atoms with van der Waals surface area (Å²) in [5.41, 5.74) is 1.18. The molecule has 0 amide bonds. The van der Waals surface area contributed by atoms with Gasteiger partial charge in [-0.15, -0.1) is 0 Å². The maximum Gasteiger partial charge on any atom is 0.122 e. The van der Waals surface area contributed by atoms with E-state index in [2.05, 4.69) is 16.7 Å². The molecule has 0 atom stereocenters. The summed E-state index contributed by atoms with van der Waals surface area (Å²) in [6.07, 6.45) is 6.67. The van der Waals surface area contributed by atoms with E-state index in [9.17, 15) is 0 Å². The van der Waals surface area contributed by atoms with Gasteiger partial charge in [0.25, 0.3) is 0 Å². The van der Waals surface area contributed by atoms with Crippen molar-refractivity contribution >= 4 is 12.2 Å². The van der Waals surface area contributed by atoms with Gasteiger partial charge in [0.1, 0.15) is 4.64 Å². The third-order valence-corrected chi connectivity index (χ3v) is 3.13. The van der Waals surface area contributed by atoms with Crippen molar-refractivity contribution in [1.82, 2.24) is 9.78 Å². The van der Waals surface area contributed by atoms with Crippen LogP contribution in [-0.2, 0) is 0 Å². The molecule has 0 saturated heterocycles. The van der Waals surface area contributed by atoms with E-state index >= 15 is 0 Å². The second kappa shape index (κ2) is 3.66. The normalized spacial score (nSPS) is 19.2. The van der Waals surface area contributed by atoms with Crippen LogP contribution in [0.5, 0.6) is 0 Å². The van der Waals surface area contributed by atoms with E-state index in [0.29, 0.717) is 6.04 Å². The Labute approximate surface area is 83.9 Å². The van der Waals surface area contributed by atoms with Crippen molar-refractivity contribution in [1.29, 1.82) is 0 Å². The lowest BCUT2D eigenvalue weighted by molar-refractivity contribution is 0.326. The summed E-state index contributed by atoms with van der Waals surface area (Å²) in [5, 5.41) is 3.33. The van der Waals surface area contributed by atoms with Gasteiger partial charge in [0.15, 0.2) is 0 Å². The fraction of sp³-hybridized carbons (Fsp3) is 0.700. The van der Waals surface area contributed by atoms with Gasteiger partial charge in [-0.3, -0.25) is 4.68 Å². The lowest BCUT2D eigenvalue weighted by Crippen LogP contribution is -2.14. The Balaban J connectivity index is 2.23. The zero-order valence-corrected chi connectivity index (χ0v) is 8.86. The Bertz CT molecular complexity index is 331. The van der Waals surface area contributed by atoms with Crippen molar-refractivity contribution < 1.29 is 0 Å². The Morgan fingerprint density at radius 1 is 1.38 bits per heavy atom. The van der Waals surface area contributed by atoms with Crippen molar-refractivity contribution in [3.05, 3.63) is 16.4 Å². The van der Waals surface area contributed by atoms with Crippen molar-refractivity contribution in [3.63, 3.8) is 0 Å². The van der Waals surface area contributed by atoms with Crippen LogP contribution in [0.25, 0.3) is 0 Å². The molecule has 0 bridgehead atoms. The van der Waals surface area contributed by atoms with Gasteiger partial charge in [-0.2, -0.15) is 0 Å². The molecule has 0 aromatic carbocycles. The van der Waals surface area contributed by atoms with Gasteiger partial charge < -0.3 is 5.10 Å². The molecular weight excluding hydrogens is 180 g/mol. The zero-order valence-electron chi connectivity index (χ0n) is 8.05. The number of aryl methyl sites for hydroxylation is 1. The highest BCUT2D eigenvalue weighted by Crippen LogP contribution is 2.27. The Kier molecular flexibility index (Phi) is 2.54. The summed E-state index contributed by atoms with van der Waals surface area (Å²) >= 11 is 5.29. The van der Waals surface area contributed by atoms with Crippen molar-refractivity contribution in [3.8, 4) is 0 Å². The maximum atomic E-state index is 5.29. The molecule has 1 aromatic heterocycles. The van der Waals surface area contributed by atoms with E-state index in [1.165, 1.54) is 37.8 Å². The minimum atomic E-state index is 0.634. The average molecular weight is 196 g/mol. The molecule has 3 heteroatoms. The second-order valence-corrected chi connectivity index (χ2v) is 4.36. The molecule has 1 aliphatic rings. The Morgan fingerprint density at radius 3 is 2.62 bits per heavy atom. The molecule has 2 rings (SSSR count). The number of hydrogen-bond acceptors (Lipinski definition) is 1. The fourth-order valence-electron chi connectivity index (χ4n) is 2.14. The Hall–Kier alpha value is -0.570. The summed E-state index contributed by atoms with van der Waals surface area (Å²) in [4.78, 5) is 0. The molecule has 0 unspecified atom stereocenters. The molecule has 13 heavy (non-hydrogen) atoms. The maximum absolute atomic E-state index is 5.29. The summed E-state index contributed by atoms with van der Waals surface area (Å²) in [7, 11) is 0. The van der Waals surface area contributed by atoms with Crippen LogP contribution >= 0.6 is 12.2 Å². The largest absolute Gasteiger partial charge is 0.302 e. The third-order valence-electron chi connectivity index (χ3n) is 2.81. The van der Waals surface area contributed by atoms with Crippen molar-refractivity contribution in [2.45, 2.75) is 45.1 Å². The molecule has 0 radical (unpaired) electrons. The number of hydrogen-bond donors (Lipinski definition) is 1. The standard InChI is InChI=1S/C10H16N2S/c1-8-7-10(13)12(11-8)9-5-3-2-4-6-9/h7,9,11H,2-6H2,1H3. The van der Waals surface area contributed by atoms with E-state index < -0.39 is 0 Å². The molecule has 1 N–H and O–H groups in total. The Morgan fingerprint density at radius 2 is 2.08 bits per heavy atom. The predicted molar refractivity (Wildman–Crippen MR) is 56.5 cm³/mol. The molecule has 0 aliphatic heterocycles. The predicted octanol–water partition coefficient (Wildman–Crippen LogP) is 3.36. The highest BCUT2D eigenvalue weighted by atomic mass is 32.1. The van der Waals surface area contributed by atoms with Crippen LogP contribution in [0.15, 0.2) is 6.07 Å². The first-order valence-electron chi connectivity index (χ1n) is 5.05. The van der Waals surface area contributed by atoms with E-state index in [1.807, 2.05) is 6.07 Å². The highest BCUT2D eigenvalue weighted by molar-refractivity contribution is 7.71. The lowest BCUT2D eigenvalue weighted by Gasteiger charge is -2.22. The second-order valence-electron chi connectivity index (χ2n) is 3.94. The molecular formula is C10H16N2S. The van der Waals surface area contributed by atoms with Gasteiger partial charge in [0, 0.05) is 5.69 Å². The van der Waals surface area contributed by atoms with Gasteiger partial charge in [-0.05, 0) is 25.8 Å². The molecule has 2 nitrogen and oxygen atoms in total. The molecule has 0 spiro atoms. The number of aromatic nitrogens is 2. The summed E-state index contributed by atoms with van der Waals surface area (Å²) < 4.78 is 3.13. The number of rotatable bonds is 1. The van der Waals surface area contributed by atoms with Crippen LogP contribution in [0, 0.1) is 11.6 Å². The van der Waals surface area contributed by atoms with E-state index in [0.717, 1.165) is 4.64 Å². The van der Waals surface area contributed by atoms with E-state index in [1.54, 1.807) is 0 Å². The van der Waals surface area contributed by atoms with Crippen molar-refractivity contribution in [2.75, 3.05) is 0 Å². The van der Waals surface area contributed by atoms with Crippen molar-refractivity contribution in [2.24, 2.45) is 0 Å². The topological polar surface area (TPSA) is 20.7 Å². The highest BCUT2D eigenvalue weighted by Gasteiger charge is 2.15. The molecule has 1 aliphatic carbocycles. The van der Waals surface area contributed by atoms with Crippen LogP contribution in [0.3, 0.4) is 0 Å². The number of nitrogens with one attached hydrogen (secondary N) is 1. The first-order valence-corrected chi connectivity index (χ1v) is 5.46. The molecule has 1 fully saturated rings. The smallest absolute Gasteiger partial charge is 0.122 e. The van der Waals surface area contributed by atoms with Crippen LogP contribution in [-0.4, -0.2) is 9.78 Å². The third kappa shape index (κ3) is 1.85. The molecule has 1 heterocycles. The van der Waals surface area contributed by atoms with E-state index in [4.69, 9.17) is 12.2 Å². The zero-order chi connectivity index (χ0) is 9.26. The van der Waals surface area contributed by atoms with Crippen LogP contribution < -0.4 is 0 Å². The fourth-order valence-corrected chi connectivity index (χ4v) is 2.51. The number of H-pyrrole nitrogens is 1. The minimum Gasteiger partial charge on any atom is -0.302 e. The average Bonchev–Trinajstić information content (AvgIpc) is 2.47. The van der Waals surface area contributed by atoms with Gasteiger partial charge in [-0.1, -0.05) is 31.5 Å². The van der Waals surface area contributed by atoms with Crippen LogP contribution in [0.2, 0.25) is 0 Å². The van der Waals surface area contributed by atoms with Gasteiger partial charge in [0.05, 0.1) is 6.04 Å². The summed E-state index contributed by atoms with van der Waals surface area (Å²) in [6, 6.07) is 2.68. The molecule has 1 saturated carbocycles. The van der Waals surface area contributed by atoms with Gasteiger partial charge in [-0.25, -0.2) is 0 Å². The first-order chi connectivity index (χ1) is 6.27. The van der Waals surface area contributed by atoms with Gasteiger partial charge in [0.2, 0.25) is 0 Å². The quantitative estimate of drug-likeness (QED) is 0.683. The van der Waals surface area contributed by atoms with Gasteiger partial charge >= 0.3 is 0 Å². The summed E-state index contributed by atoms with van der Waals surface area (Å²) in [6.45, 7) is 2.06. The monoisotopic (exact) mass is 196 g/mol. The van der Waals surface area contributed by atoms with Crippen LogP contribution in [0.4, 0.5) is 0 Å². The number of nitrogens with zero attached hydrogens (tertiary/aromatic N) is 1. The molecule has 1 aromatic rings. The van der Waals surface area contributed by atoms with Crippen LogP contribution in [0.1, 0.15) is 43.8 Å². The lowest BCUT2D eigenvalue weighted by atomic mass is 9.96. The SMILES string of the molecule is Cc1cc(=S)n(C2CCCCC2)[nH]1. The molecule has 72 valence electrons. The first kappa shape index (κ1) is 9.00. The number of aromatic amines is 1. The minimum absolute atomic E-state index is 0.634. The summed E-state index contributed by atoms with van der Waals surface area (Å²) in [5.74, 6) is 0.